The summed E-state index contributed by atoms with van der Waals surface area (Å²) in [5, 5.41) is 3.17. The van der Waals surface area contributed by atoms with Crippen molar-refractivity contribution in [3.8, 4) is 28.5 Å². The van der Waals surface area contributed by atoms with Crippen LogP contribution in [0, 0.1) is 0 Å². The average molecular weight is 468 g/mol. The zero-order valence-corrected chi connectivity index (χ0v) is 19.8. The number of hydrogen-bond acceptors (Lipinski definition) is 5. The molecule has 1 saturated heterocycles. The second kappa shape index (κ2) is 10.6. The number of oxazole rings is 1. The largest absolute Gasteiger partial charge is 0.496 e. The molecule has 4 aromatic rings. The van der Waals surface area contributed by atoms with E-state index in [-0.39, 0.29) is 11.9 Å². The molecule has 0 aliphatic carbocycles. The lowest BCUT2D eigenvalue weighted by Gasteiger charge is -2.29. The molecule has 6 nitrogen and oxygen atoms in total. The normalized spacial score (nSPS) is 14.5. The van der Waals surface area contributed by atoms with Crippen LogP contribution in [0.25, 0.3) is 22.8 Å². The van der Waals surface area contributed by atoms with Crippen LogP contribution in [0.1, 0.15) is 34.8 Å². The van der Waals surface area contributed by atoms with Crippen molar-refractivity contribution in [1.82, 2.24) is 15.2 Å². The maximum atomic E-state index is 13.4. The van der Waals surface area contributed by atoms with Gasteiger partial charge in [0.05, 0.1) is 24.9 Å². The number of nitrogens with one attached hydrogen (secondary N) is 1. The number of aromatic nitrogens is 1. The number of methoxy groups -OCH3 is 1. The molecule has 1 aromatic heterocycles. The second-order valence-corrected chi connectivity index (χ2v) is 8.65. The SMILES string of the molecule is COc1ccccc1C(CNC(=O)c1ccccc1-c1ncc(-c2ccccc2)o1)N1CCCC1. The summed E-state index contributed by atoms with van der Waals surface area (Å²) in [6, 6.07) is 25.3. The number of likely N-dealkylation sites (tertiary alicyclic amines) is 1. The van der Waals surface area contributed by atoms with E-state index < -0.39 is 0 Å². The van der Waals surface area contributed by atoms with Crippen LogP contribution in [0.4, 0.5) is 0 Å². The molecule has 1 aliphatic rings. The summed E-state index contributed by atoms with van der Waals surface area (Å²) >= 11 is 0. The van der Waals surface area contributed by atoms with Crippen LogP contribution >= 0.6 is 0 Å². The molecule has 0 radical (unpaired) electrons. The van der Waals surface area contributed by atoms with Gasteiger partial charge in [0.2, 0.25) is 5.89 Å². The third-order valence-corrected chi connectivity index (χ3v) is 6.50. The molecule has 1 aliphatic heterocycles. The zero-order chi connectivity index (χ0) is 24.0. The van der Waals surface area contributed by atoms with Crippen molar-refractivity contribution >= 4 is 5.91 Å². The molecule has 0 saturated carbocycles. The van der Waals surface area contributed by atoms with E-state index in [0.717, 1.165) is 42.8 Å². The second-order valence-electron chi connectivity index (χ2n) is 8.65. The Bertz CT molecular complexity index is 1280. The quantitative estimate of drug-likeness (QED) is 0.366. The van der Waals surface area contributed by atoms with Crippen LogP contribution in [-0.4, -0.2) is 42.5 Å². The first kappa shape index (κ1) is 22.9. The van der Waals surface area contributed by atoms with E-state index in [1.54, 1.807) is 13.3 Å². The lowest BCUT2D eigenvalue weighted by molar-refractivity contribution is 0.0937. The number of nitrogens with zero attached hydrogens (tertiary/aromatic N) is 2. The lowest BCUT2D eigenvalue weighted by Crippen LogP contribution is -2.37. The summed E-state index contributed by atoms with van der Waals surface area (Å²) in [6.45, 7) is 2.50. The van der Waals surface area contributed by atoms with Crippen molar-refractivity contribution in [2.45, 2.75) is 18.9 Å². The fourth-order valence-electron chi connectivity index (χ4n) is 4.72. The number of carbonyl (C=O) groups is 1. The highest BCUT2D eigenvalue weighted by Gasteiger charge is 2.27. The third kappa shape index (κ3) is 4.98. The molecule has 5 rings (SSSR count). The molecule has 178 valence electrons. The first-order valence-electron chi connectivity index (χ1n) is 12.0. The summed E-state index contributed by atoms with van der Waals surface area (Å²) in [5.41, 5.74) is 3.24. The predicted molar refractivity (Wildman–Crippen MR) is 136 cm³/mol. The lowest BCUT2D eigenvalue weighted by atomic mass is 10.0. The Hall–Kier alpha value is -3.90. The maximum absolute atomic E-state index is 13.4. The monoisotopic (exact) mass is 467 g/mol. The van der Waals surface area contributed by atoms with E-state index in [0.29, 0.717) is 29.3 Å². The zero-order valence-electron chi connectivity index (χ0n) is 19.8. The van der Waals surface area contributed by atoms with Gasteiger partial charge in [-0.15, -0.1) is 0 Å². The Balaban J connectivity index is 1.38. The third-order valence-electron chi connectivity index (χ3n) is 6.50. The van der Waals surface area contributed by atoms with Crippen molar-refractivity contribution in [2.75, 3.05) is 26.7 Å². The van der Waals surface area contributed by atoms with Gasteiger partial charge in [0.1, 0.15) is 5.75 Å². The minimum atomic E-state index is -0.154. The highest BCUT2D eigenvalue weighted by Crippen LogP contribution is 2.32. The van der Waals surface area contributed by atoms with Gasteiger partial charge in [-0.1, -0.05) is 60.7 Å². The van der Waals surface area contributed by atoms with E-state index in [2.05, 4.69) is 21.3 Å². The molecule has 1 atom stereocenters. The van der Waals surface area contributed by atoms with Gasteiger partial charge >= 0.3 is 0 Å². The molecule has 0 bridgehead atoms. The van der Waals surface area contributed by atoms with Crippen molar-refractivity contribution in [1.29, 1.82) is 0 Å². The van der Waals surface area contributed by atoms with Crippen LogP contribution in [-0.2, 0) is 0 Å². The number of rotatable bonds is 8. The Kier molecular flexibility index (Phi) is 6.91. The number of benzene rings is 3. The van der Waals surface area contributed by atoms with Gasteiger partial charge in [-0.25, -0.2) is 4.98 Å². The minimum Gasteiger partial charge on any atom is -0.496 e. The number of hydrogen-bond donors (Lipinski definition) is 1. The minimum absolute atomic E-state index is 0.0381. The molecule has 2 heterocycles. The Morgan fingerprint density at radius 1 is 1.00 bits per heavy atom. The summed E-state index contributed by atoms with van der Waals surface area (Å²) < 4.78 is 11.7. The van der Waals surface area contributed by atoms with E-state index in [1.807, 2.05) is 72.8 Å². The highest BCUT2D eigenvalue weighted by atomic mass is 16.5. The van der Waals surface area contributed by atoms with Gasteiger partial charge in [0.15, 0.2) is 5.76 Å². The van der Waals surface area contributed by atoms with Gasteiger partial charge in [0.25, 0.3) is 5.91 Å². The van der Waals surface area contributed by atoms with Gasteiger partial charge in [-0.2, -0.15) is 0 Å². The summed E-state index contributed by atoms with van der Waals surface area (Å²) in [4.78, 5) is 20.3. The van der Waals surface area contributed by atoms with Crippen LogP contribution < -0.4 is 10.1 Å². The van der Waals surface area contributed by atoms with E-state index in [9.17, 15) is 4.79 Å². The standard InChI is InChI=1S/C29H29N3O3/c1-34-26-16-8-7-15-24(26)25(32-17-9-10-18-32)19-30-28(33)22-13-5-6-14-23(22)29-31-20-27(35-29)21-11-3-2-4-12-21/h2-8,11-16,20,25H,9-10,17-19H2,1H3,(H,30,33). The van der Waals surface area contributed by atoms with Crippen molar-refractivity contribution < 1.29 is 13.9 Å². The summed E-state index contributed by atoms with van der Waals surface area (Å²) in [7, 11) is 1.69. The van der Waals surface area contributed by atoms with Crippen molar-refractivity contribution in [3.63, 3.8) is 0 Å². The Morgan fingerprint density at radius 3 is 2.51 bits per heavy atom. The van der Waals surface area contributed by atoms with Crippen molar-refractivity contribution in [2.24, 2.45) is 0 Å². The Labute approximate surface area is 205 Å². The molecule has 0 spiro atoms. The molecular formula is C29H29N3O3. The van der Waals surface area contributed by atoms with Gasteiger partial charge in [0, 0.05) is 23.2 Å². The molecular weight excluding hydrogens is 438 g/mol. The molecule has 1 amide bonds. The maximum Gasteiger partial charge on any atom is 0.252 e. The van der Waals surface area contributed by atoms with E-state index >= 15 is 0 Å². The number of ether oxygens (including phenoxy) is 1. The highest BCUT2D eigenvalue weighted by molar-refractivity contribution is 6.00. The number of para-hydroxylation sites is 1. The number of amides is 1. The summed E-state index contributed by atoms with van der Waals surface area (Å²) in [6.07, 6.45) is 4.02. The van der Waals surface area contributed by atoms with Crippen LogP contribution in [0.15, 0.2) is 89.5 Å². The Morgan fingerprint density at radius 2 is 1.71 bits per heavy atom. The molecule has 1 N–H and O–H groups in total. The fourth-order valence-corrected chi connectivity index (χ4v) is 4.72. The fraction of sp³-hybridized carbons (Fsp3) is 0.241. The van der Waals surface area contributed by atoms with E-state index in [4.69, 9.17) is 9.15 Å². The van der Waals surface area contributed by atoms with Crippen LogP contribution in [0.3, 0.4) is 0 Å². The molecule has 35 heavy (non-hydrogen) atoms. The van der Waals surface area contributed by atoms with E-state index in [1.165, 1.54) is 0 Å². The molecule has 6 heteroatoms. The van der Waals surface area contributed by atoms with Gasteiger partial charge in [-0.05, 0) is 44.1 Å². The topological polar surface area (TPSA) is 67.6 Å². The molecule has 1 unspecified atom stereocenters. The predicted octanol–water partition coefficient (Wildman–Crippen LogP) is 5.58. The number of carbonyl (C=O) groups excluding carboxylic acids is 1. The molecule has 3 aromatic carbocycles. The van der Waals surface area contributed by atoms with Crippen LogP contribution in [0.5, 0.6) is 5.75 Å². The smallest absolute Gasteiger partial charge is 0.252 e. The van der Waals surface area contributed by atoms with Gasteiger partial charge in [-0.3, -0.25) is 9.69 Å². The van der Waals surface area contributed by atoms with Crippen LogP contribution in [0.2, 0.25) is 0 Å². The first-order valence-corrected chi connectivity index (χ1v) is 12.0. The van der Waals surface area contributed by atoms with Crippen molar-refractivity contribution in [3.05, 3.63) is 96.2 Å². The summed E-state index contributed by atoms with van der Waals surface area (Å²) in [5.74, 6) is 1.78. The van der Waals surface area contributed by atoms with Gasteiger partial charge < -0.3 is 14.5 Å². The average Bonchev–Trinajstić information content (AvgIpc) is 3.63. The first-order chi connectivity index (χ1) is 17.2. The molecule has 1 fully saturated rings.